The van der Waals surface area contributed by atoms with Gasteiger partial charge in [-0.15, -0.1) is 23.2 Å². The predicted octanol–water partition coefficient (Wildman–Crippen LogP) is 2.63. The van der Waals surface area contributed by atoms with E-state index in [2.05, 4.69) is 4.98 Å². The SMILES string of the molecule is Cc1cccn2c(=O)cc(COC(=O)[C@@]3(C)CC3(Cl)Cl)nc12. The first-order chi connectivity index (χ1) is 10.2. The summed E-state index contributed by atoms with van der Waals surface area (Å²) in [6.07, 6.45) is 2.00. The van der Waals surface area contributed by atoms with Crippen LogP contribution in [0.1, 0.15) is 24.6 Å². The normalized spacial score (nSPS) is 22.5. The van der Waals surface area contributed by atoms with Crippen molar-refractivity contribution in [2.24, 2.45) is 5.41 Å². The van der Waals surface area contributed by atoms with Gasteiger partial charge in [0.2, 0.25) is 0 Å². The molecule has 2 heterocycles. The van der Waals surface area contributed by atoms with Gasteiger partial charge in [0, 0.05) is 18.7 Å². The summed E-state index contributed by atoms with van der Waals surface area (Å²) in [4.78, 5) is 28.4. The average Bonchev–Trinajstić information content (AvgIpc) is 2.97. The summed E-state index contributed by atoms with van der Waals surface area (Å²) in [5.74, 6) is -0.482. The van der Waals surface area contributed by atoms with Gasteiger partial charge in [-0.25, -0.2) is 4.98 Å². The fourth-order valence-corrected chi connectivity index (χ4v) is 2.99. The van der Waals surface area contributed by atoms with Gasteiger partial charge < -0.3 is 4.74 Å². The van der Waals surface area contributed by atoms with Crippen LogP contribution in [0.2, 0.25) is 0 Å². The van der Waals surface area contributed by atoms with E-state index in [1.165, 1.54) is 10.5 Å². The van der Waals surface area contributed by atoms with Crippen LogP contribution in [0.5, 0.6) is 0 Å². The first-order valence-corrected chi connectivity index (χ1v) is 7.53. The van der Waals surface area contributed by atoms with Crippen LogP contribution in [0.3, 0.4) is 0 Å². The molecule has 1 saturated carbocycles. The molecule has 0 saturated heterocycles. The third-order valence-electron chi connectivity index (χ3n) is 4.00. The average molecular weight is 341 g/mol. The highest BCUT2D eigenvalue weighted by Crippen LogP contribution is 2.64. The summed E-state index contributed by atoms with van der Waals surface area (Å²) in [7, 11) is 0. The van der Waals surface area contributed by atoms with Crippen LogP contribution in [0.25, 0.3) is 5.65 Å². The smallest absolute Gasteiger partial charge is 0.315 e. The van der Waals surface area contributed by atoms with Gasteiger partial charge in [0.1, 0.15) is 22.0 Å². The second-order valence-corrected chi connectivity index (χ2v) is 7.24. The maximum atomic E-state index is 12.0. The zero-order valence-electron chi connectivity index (χ0n) is 12.1. The number of rotatable bonds is 3. The highest BCUT2D eigenvalue weighted by molar-refractivity contribution is 6.53. The van der Waals surface area contributed by atoms with Crippen LogP contribution < -0.4 is 5.56 Å². The number of fused-ring (bicyclic) bond motifs is 1. The molecule has 1 fully saturated rings. The summed E-state index contributed by atoms with van der Waals surface area (Å²) < 4.78 is 5.59. The number of halogens is 2. The largest absolute Gasteiger partial charge is 0.459 e. The first kappa shape index (κ1) is 15.3. The zero-order valence-corrected chi connectivity index (χ0v) is 13.6. The topological polar surface area (TPSA) is 60.7 Å². The molecule has 0 bridgehead atoms. The van der Waals surface area contributed by atoms with Crippen LogP contribution in [0.4, 0.5) is 0 Å². The van der Waals surface area contributed by atoms with Crippen molar-refractivity contribution >= 4 is 34.8 Å². The Bertz CT molecular complexity index is 831. The second kappa shape index (κ2) is 4.96. The van der Waals surface area contributed by atoms with Crippen molar-refractivity contribution in [2.45, 2.75) is 31.2 Å². The highest BCUT2D eigenvalue weighted by atomic mass is 35.5. The van der Waals surface area contributed by atoms with E-state index in [-0.39, 0.29) is 12.2 Å². The molecule has 0 radical (unpaired) electrons. The summed E-state index contributed by atoms with van der Waals surface area (Å²) in [5.41, 5.74) is 0.691. The van der Waals surface area contributed by atoms with E-state index in [1.54, 1.807) is 19.2 Å². The minimum absolute atomic E-state index is 0.0850. The molecule has 1 aliphatic rings. The van der Waals surface area contributed by atoms with Crippen LogP contribution in [-0.4, -0.2) is 19.7 Å². The van der Waals surface area contributed by atoms with Gasteiger partial charge >= 0.3 is 5.97 Å². The van der Waals surface area contributed by atoms with Crippen molar-refractivity contribution < 1.29 is 9.53 Å². The van der Waals surface area contributed by atoms with Crippen molar-refractivity contribution in [1.82, 2.24) is 9.38 Å². The number of carbonyl (C=O) groups is 1. The van der Waals surface area contributed by atoms with E-state index in [1.807, 2.05) is 13.0 Å². The molecule has 2 aromatic rings. The molecular weight excluding hydrogens is 327 g/mol. The molecule has 3 rings (SSSR count). The third kappa shape index (κ3) is 2.38. The zero-order chi connectivity index (χ0) is 16.1. The molecule has 0 aromatic carbocycles. The highest BCUT2D eigenvalue weighted by Gasteiger charge is 2.69. The van der Waals surface area contributed by atoms with Crippen molar-refractivity contribution in [1.29, 1.82) is 0 Å². The molecule has 2 aromatic heterocycles. The van der Waals surface area contributed by atoms with E-state index in [0.717, 1.165) is 5.56 Å². The number of hydrogen-bond donors (Lipinski definition) is 0. The van der Waals surface area contributed by atoms with Gasteiger partial charge in [0.25, 0.3) is 5.56 Å². The van der Waals surface area contributed by atoms with E-state index in [9.17, 15) is 9.59 Å². The lowest BCUT2D eigenvalue weighted by Crippen LogP contribution is -2.22. The molecule has 5 nitrogen and oxygen atoms in total. The number of aromatic nitrogens is 2. The fourth-order valence-electron chi connectivity index (χ4n) is 2.30. The van der Waals surface area contributed by atoms with Crippen molar-refractivity contribution in [3.05, 3.63) is 46.0 Å². The van der Waals surface area contributed by atoms with E-state index < -0.39 is 15.7 Å². The molecule has 22 heavy (non-hydrogen) atoms. The summed E-state index contributed by atoms with van der Waals surface area (Å²) >= 11 is 11.9. The molecule has 7 heteroatoms. The first-order valence-electron chi connectivity index (χ1n) is 6.77. The Kier molecular flexibility index (Phi) is 3.45. The summed E-state index contributed by atoms with van der Waals surface area (Å²) in [6, 6.07) is 4.99. The maximum absolute atomic E-state index is 12.0. The minimum atomic E-state index is -1.07. The molecule has 116 valence electrons. The minimum Gasteiger partial charge on any atom is -0.459 e. The molecule has 0 amide bonds. The number of nitrogens with zero attached hydrogens (tertiary/aromatic N) is 2. The van der Waals surface area contributed by atoms with Crippen LogP contribution in [-0.2, 0) is 16.1 Å². The molecule has 1 aliphatic carbocycles. The predicted molar refractivity (Wildman–Crippen MR) is 83.2 cm³/mol. The lowest BCUT2D eigenvalue weighted by molar-refractivity contribution is -0.151. The fraction of sp³-hybridized carbons (Fsp3) is 0.400. The van der Waals surface area contributed by atoms with Gasteiger partial charge in [-0.05, 0) is 25.5 Å². The Balaban J connectivity index is 1.82. The number of esters is 1. The van der Waals surface area contributed by atoms with Crippen molar-refractivity contribution in [3.63, 3.8) is 0 Å². The van der Waals surface area contributed by atoms with Gasteiger partial charge in [-0.2, -0.15) is 0 Å². The summed E-state index contributed by atoms with van der Waals surface area (Å²) in [5, 5.41) is 0. The number of hydrogen-bond acceptors (Lipinski definition) is 4. The Morgan fingerprint density at radius 1 is 1.50 bits per heavy atom. The Labute approximate surface area is 136 Å². The Morgan fingerprint density at radius 3 is 2.82 bits per heavy atom. The third-order valence-corrected chi connectivity index (χ3v) is 5.10. The molecule has 0 unspecified atom stereocenters. The second-order valence-electron chi connectivity index (χ2n) is 5.76. The van der Waals surface area contributed by atoms with Crippen molar-refractivity contribution in [3.8, 4) is 0 Å². The monoisotopic (exact) mass is 340 g/mol. The quantitative estimate of drug-likeness (QED) is 0.636. The van der Waals surface area contributed by atoms with Gasteiger partial charge in [-0.1, -0.05) is 6.07 Å². The standard InChI is InChI=1S/C15H14Cl2N2O3/c1-9-4-3-5-19-11(20)6-10(18-12(9)19)7-22-13(21)14(2)8-15(14,16)17/h3-6H,7-8H2,1-2H3/t14-/m1/s1. The van der Waals surface area contributed by atoms with Gasteiger partial charge in [0.15, 0.2) is 0 Å². The van der Waals surface area contributed by atoms with Crippen LogP contribution >= 0.6 is 23.2 Å². The molecule has 1 atom stereocenters. The number of carbonyl (C=O) groups excluding carboxylic acids is 1. The van der Waals surface area contributed by atoms with E-state index >= 15 is 0 Å². The number of alkyl halides is 2. The lowest BCUT2D eigenvalue weighted by Gasteiger charge is -2.12. The van der Waals surface area contributed by atoms with Crippen LogP contribution in [0.15, 0.2) is 29.2 Å². The molecular formula is C15H14Cl2N2O3. The number of ether oxygens (including phenoxy) is 1. The molecule has 0 N–H and O–H groups in total. The number of aryl methyl sites for hydroxylation is 1. The van der Waals surface area contributed by atoms with Crippen molar-refractivity contribution in [2.75, 3.05) is 0 Å². The van der Waals surface area contributed by atoms with Gasteiger partial charge in [0.05, 0.1) is 5.69 Å². The number of pyridine rings is 1. The van der Waals surface area contributed by atoms with Gasteiger partial charge in [-0.3, -0.25) is 14.0 Å². The van der Waals surface area contributed by atoms with E-state index in [4.69, 9.17) is 27.9 Å². The summed E-state index contributed by atoms with van der Waals surface area (Å²) in [6.45, 7) is 3.43. The Morgan fingerprint density at radius 2 is 2.18 bits per heavy atom. The maximum Gasteiger partial charge on any atom is 0.315 e. The Hall–Kier alpha value is -1.59. The molecule has 0 aliphatic heterocycles. The van der Waals surface area contributed by atoms with E-state index in [0.29, 0.717) is 17.8 Å². The van der Waals surface area contributed by atoms with Crippen LogP contribution in [0, 0.1) is 12.3 Å². The molecule has 0 spiro atoms. The lowest BCUT2D eigenvalue weighted by atomic mass is 10.1.